The second kappa shape index (κ2) is 10.3. The predicted octanol–water partition coefficient (Wildman–Crippen LogP) is 4.62. The number of benzene rings is 1. The molecule has 2 aromatic rings. The van der Waals surface area contributed by atoms with Crippen molar-refractivity contribution in [2.24, 2.45) is 10.7 Å². The summed E-state index contributed by atoms with van der Waals surface area (Å²) in [6.45, 7) is 5.78. The van der Waals surface area contributed by atoms with Gasteiger partial charge in [-0.2, -0.15) is 0 Å². The van der Waals surface area contributed by atoms with Crippen molar-refractivity contribution in [2.75, 3.05) is 0 Å². The van der Waals surface area contributed by atoms with Crippen LogP contribution in [0.3, 0.4) is 0 Å². The van der Waals surface area contributed by atoms with Gasteiger partial charge >= 0.3 is 0 Å². The summed E-state index contributed by atoms with van der Waals surface area (Å²) >= 11 is 5.90. The van der Waals surface area contributed by atoms with Crippen molar-refractivity contribution >= 4 is 23.7 Å². The van der Waals surface area contributed by atoms with E-state index in [4.69, 9.17) is 22.1 Å². The molecule has 5 nitrogen and oxygen atoms in total. The zero-order valence-electron chi connectivity index (χ0n) is 15.2. The number of rotatable bonds is 9. The van der Waals surface area contributed by atoms with Crippen LogP contribution in [0, 0.1) is 0 Å². The molecule has 0 aliphatic heterocycles. The number of pyridine rings is 1. The molecule has 0 saturated carbocycles. The number of carbonyl (C=O) groups is 1. The van der Waals surface area contributed by atoms with Crippen molar-refractivity contribution < 1.29 is 9.53 Å². The van der Waals surface area contributed by atoms with Crippen LogP contribution in [0.15, 0.2) is 71.0 Å². The average Bonchev–Trinajstić information content (AvgIpc) is 2.66. The van der Waals surface area contributed by atoms with Gasteiger partial charge in [0, 0.05) is 17.7 Å². The van der Waals surface area contributed by atoms with Gasteiger partial charge in [0.15, 0.2) is 0 Å². The van der Waals surface area contributed by atoms with E-state index < -0.39 is 0 Å². The number of amides is 1. The van der Waals surface area contributed by atoms with Crippen molar-refractivity contribution in [2.45, 2.75) is 26.2 Å². The minimum atomic E-state index is -0.334. The summed E-state index contributed by atoms with van der Waals surface area (Å²) in [6.07, 6.45) is 4.89. The van der Waals surface area contributed by atoms with Gasteiger partial charge in [-0.05, 0) is 55.3 Å². The number of halogens is 1. The lowest BCUT2D eigenvalue weighted by Crippen LogP contribution is -2.11. The van der Waals surface area contributed by atoms with E-state index in [1.165, 1.54) is 6.21 Å². The molecule has 0 aliphatic carbocycles. The first-order valence-electron chi connectivity index (χ1n) is 8.59. The molecule has 1 amide bonds. The minimum absolute atomic E-state index is 0.282. The number of hydrogen-bond acceptors (Lipinski definition) is 4. The lowest BCUT2D eigenvalue weighted by Gasteiger charge is -2.07. The maximum Gasteiger partial charge on any atom is 0.217 e. The van der Waals surface area contributed by atoms with Gasteiger partial charge in [-0.3, -0.25) is 9.78 Å². The number of ether oxygens (including phenoxy) is 1. The number of allylic oxidation sites excluding steroid dienone is 2. The Morgan fingerprint density at radius 3 is 2.70 bits per heavy atom. The van der Waals surface area contributed by atoms with Gasteiger partial charge in [0.05, 0.1) is 11.9 Å². The fraction of sp³-hybridized carbons (Fsp3) is 0.190. The molecule has 0 spiro atoms. The van der Waals surface area contributed by atoms with Crippen LogP contribution in [0.2, 0.25) is 0 Å². The van der Waals surface area contributed by atoms with Crippen LogP contribution in [0.1, 0.15) is 25.5 Å². The molecular weight excluding hydrogens is 362 g/mol. The number of hydrogen-bond donors (Lipinski definition) is 1. The maximum atomic E-state index is 10.9. The lowest BCUT2D eigenvalue weighted by atomic mass is 10.1. The van der Waals surface area contributed by atoms with Crippen LogP contribution >= 0.6 is 11.6 Å². The molecule has 2 N–H and O–H groups in total. The van der Waals surface area contributed by atoms with E-state index >= 15 is 0 Å². The first-order valence-corrected chi connectivity index (χ1v) is 8.97. The topological polar surface area (TPSA) is 77.6 Å². The largest absolute Gasteiger partial charge is 0.456 e. The molecule has 0 unspecified atom stereocenters. The van der Waals surface area contributed by atoms with E-state index in [0.717, 1.165) is 23.4 Å². The number of primary amides is 1. The predicted molar refractivity (Wildman–Crippen MR) is 110 cm³/mol. The molecule has 0 aliphatic rings. The first kappa shape index (κ1) is 20.4. The second-order valence-corrected chi connectivity index (χ2v) is 6.15. The van der Waals surface area contributed by atoms with Gasteiger partial charge in [0.1, 0.15) is 16.7 Å². The van der Waals surface area contributed by atoms with Crippen LogP contribution in [0.25, 0.3) is 11.3 Å². The monoisotopic (exact) mass is 383 g/mol. The molecule has 27 heavy (non-hydrogen) atoms. The van der Waals surface area contributed by atoms with Gasteiger partial charge in [-0.15, -0.1) is 0 Å². The highest BCUT2D eigenvalue weighted by atomic mass is 35.5. The van der Waals surface area contributed by atoms with E-state index in [9.17, 15) is 4.79 Å². The summed E-state index contributed by atoms with van der Waals surface area (Å²) in [6, 6.07) is 13.2. The molecule has 6 heteroatoms. The van der Waals surface area contributed by atoms with Crippen LogP contribution in [0.5, 0.6) is 5.75 Å². The Kier molecular flexibility index (Phi) is 7.77. The quantitative estimate of drug-likeness (QED) is 0.390. The molecule has 1 aromatic heterocycles. The van der Waals surface area contributed by atoms with Gasteiger partial charge in [-0.1, -0.05) is 31.2 Å². The number of carbonyl (C=O) groups excluding carboxylic acids is 1. The molecule has 0 atom stereocenters. The van der Waals surface area contributed by atoms with Crippen LogP contribution in [-0.4, -0.2) is 17.1 Å². The van der Waals surface area contributed by atoms with E-state index in [-0.39, 0.29) is 12.3 Å². The number of nitrogens with two attached hydrogens (primary N) is 1. The summed E-state index contributed by atoms with van der Waals surface area (Å²) in [5.41, 5.74) is 7.78. The van der Waals surface area contributed by atoms with Gasteiger partial charge < -0.3 is 10.5 Å². The third-order valence-corrected chi connectivity index (χ3v) is 3.79. The molecule has 1 heterocycles. The molecule has 0 radical (unpaired) electrons. The third-order valence-electron chi connectivity index (χ3n) is 3.54. The van der Waals surface area contributed by atoms with Crippen molar-refractivity contribution in [3.8, 4) is 17.0 Å². The molecule has 0 saturated heterocycles. The fourth-order valence-electron chi connectivity index (χ4n) is 2.26. The molecule has 140 valence electrons. The van der Waals surface area contributed by atoms with Gasteiger partial charge in [0.25, 0.3) is 0 Å². The van der Waals surface area contributed by atoms with E-state index in [2.05, 4.69) is 16.6 Å². The standard InChI is InChI=1S/C21H22ClN3O2/c1-3-5-20(22)24-14-15(2)27-18-11-8-16(9-12-18)19-7-4-6-17(25-19)10-13-21(23)26/h4-9,11-12,14H,2-3,10,13H2,1H3,(H2,23,26). The van der Waals surface area contributed by atoms with Gasteiger partial charge in [0.2, 0.25) is 5.91 Å². The summed E-state index contributed by atoms with van der Waals surface area (Å²) < 4.78 is 5.62. The third kappa shape index (κ3) is 7.07. The summed E-state index contributed by atoms with van der Waals surface area (Å²) in [4.78, 5) is 19.5. The first-order chi connectivity index (χ1) is 13.0. The summed E-state index contributed by atoms with van der Waals surface area (Å²) in [5.74, 6) is 0.687. The minimum Gasteiger partial charge on any atom is -0.456 e. The molecular formula is C21H22ClN3O2. The van der Waals surface area contributed by atoms with E-state index in [1.54, 1.807) is 6.08 Å². The maximum absolute atomic E-state index is 10.9. The Balaban J connectivity index is 2.02. The zero-order valence-corrected chi connectivity index (χ0v) is 15.9. The Morgan fingerprint density at radius 1 is 1.30 bits per heavy atom. The van der Waals surface area contributed by atoms with Crippen LogP contribution in [0.4, 0.5) is 0 Å². The highest BCUT2D eigenvalue weighted by Gasteiger charge is 2.04. The number of nitrogens with zero attached hydrogens (tertiary/aromatic N) is 2. The Morgan fingerprint density at radius 2 is 2.04 bits per heavy atom. The Bertz CT molecular complexity index is 858. The van der Waals surface area contributed by atoms with Gasteiger partial charge in [-0.25, -0.2) is 4.99 Å². The SMILES string of the molecule is C=C(C=NC(Cl)=CCC)Oc1ccc(-c2cccc(CCC(N)=O)n2)cc1. The number of aryl methyl sites for hydroxylation is 1. The van der Waals surface area contributed by atoms with Crippen molar-refractivity contribution in [3.05, 3.63) is 71.7 Å². The van der Waals surface area contributed by atoms with Crippen molar-refractivity contribution in [1.82, 2.24) is 4.98 Å². The number of aromatic nitrogens is 1. The molecule has 2 rings (SSSR count). The number of aliphatic imine (C=N–C) groups is 1. The lowest BCUT2D eigenvalue weighted by molar-refractivity contribution is -0.118. The van der Waals surface area contributed by atoms with Crippen LogP contribution < -0.4 is 10.5 Å². The van der Waals surface area contributed by atoms with E-state index in [1.807, 2.05) is 49.4 Å². The highest BCUT2D eigenvalue weighted by molar-refractivity contribution is 6.29. The van der Waals surface area contributed by atoms with Crippen LogP contribution in [-0.2, 0) is 11.2 Å². The average molecular weight is 384 g/mol. The second-order valence-electron chi connectivity index (χ2n) is 5.77. The fourth-order valence-corrected chi connectivity index (χ4v) is 2.46. The van der Waals surface area contributed by atoms with Crippen molar-refractivity contribution in [3.63, 3.8) is 0 Å². The Hall–Kier alpha value is -2.92. The summed E-state index contributed by atoms with van der Waals surface area (Å²) in [7, 11) is 0. The molecule has 1 aromatic carbocycles. The zero-order chi connectivity index (χ0) is 19.6. The Labute approximate surface area is 164 Å². The van der Waals surface area contributed by atoms with Crippen molar-refractivity contribution in [1.29, 1.82) is 0 Å². The normalized spacial score (nSPS) is 11.6. The smallest absolute Gasteiger partial charge is 0.217 e. The molecule has 0 bridgehead atoms. The molecule has 0 fully saturated rings. The highest BCUT2D eigenvalue weighted by Crippen LogP contribution is 2.22. The summed E-state index contributed by atoms with van der Waals surface area (Å²) in [5, 5.41) is 0.403. The van der Waals surface area contributed by atoms with E-state index in [0.29, 0.717) is 23.1 Å².